The molecule has 2 nitrogen and oxygen atoms in total. The van der Waals surface area contributed by atoms with Gasteiger partial charge >= 0.3 is 0 Å². The second-order valence-electron chi connectivity index (χ2n) is 4.12. The molecule has 1 aromatic heterocycles. The number of para-hydroxylation sites is 1. The minimum atomic E-state index is -0.0214. The van der Waals surface area contributed by atoms with Gasteiger partial charge in [-0.15, -0.1) is 0 Å². The van der Waals surface area contributed by atoms with Gasteiger partial charge in [0, 0.05) is 11.1 Å². The van der Waals surface area contributed by atoms with E-state index in [0.29, 0.717) is 0 Å². The van der Waals surface area contributed by atoms with Crippen molar-refractivity contribution in [2.45, 2.75) is 26.7 Å². The Balaban J connectivity index is 2.30. The Bertz CT molecular complexity index is 509. The van der Waals surface area contributed by atoms with Gasteiger partial charge in [0.1, 0.15) is 0 Å². The fourth-order valence-corrected chi connectivity index (χ4v) is 2.62. The van der Waals surface area contributed by atoms with E-state index in [1.54, 1.807) is 0 Å². The van der Waals surface area contributed by atoms with Crippen molar-refractivity contribution in [3.05, 3.63) is 51.7 Å². The van der Waals surface area contributed by atoms with Crippen LogP contribution in [0.5, 0.6) is 0 Å². The molecule has 0 bridgehead atoms. The van der Waals surface area contributed by atoms with Gasteiger partial charge in [-0.2, -0.15) is 11.3 Å². The van der Waals surface area contributed by atoms with Crippen molar-refractivity contribution >= 4 is 22.9 Å². The summed E-state index contributed by atoms with van der Waals surface area (Å²) in [7, 11) is 0. The average Bonchev–Trinajstić information content (AvgIpc) is 2.93. The summed E-state index contributed by atoms with van der Waals surface area (Å²) in [5.41, 5.74) is 4.10. The maximum Gasteiger partial charge on any atom is 0.256 e. The summed E-state index contributed by atoms with van der Waals surface area (Å²) < 4.78 is 0. The topological polar surface area (TPSA) is 29.1 Å². The molecular formula is C15H17NOS. The Kier molecular flexibility index (Phi) is 4.15. The predicted molar refractivity (Wildman–Crippen MR) is 77.5 cm³/mol. The Morgan fingerprint density at radius 3 is 2.33 bits per heavy atom. The van der Waals surface area contributed by atoms with Crippen LogP contribution < -0.4 is 5.32 Å². The number of hydrogen-bond donors (Lipinski definition) is 1. The molecule has 18 heavy (non-hydrogen) atoms. The van der Waals surface area contributed by atoms with Gasteiger partial charge in [-0.1, -0.05) is 32.0 Å². The quantitative estimate of drug-likeness (QED) is 0.879. The van der Waals surface area contributed by atoms with Gasteiger partial charge in [0.25, 0.3) is 5.91 Å². The fraction of sp³-hybridized carbons (Fsp3) is 0.267. The van der Waals surface area contributed by atoms with Crippen LogP contribution in [0, 0.1) is 0 Å². The number of hydrogen-bond acceptors (Lipinski definition) is 2. The molecule has 0 saturated carbocycles. The Morgan fingerprint density at radius 2 is 1.83 bits per heavy atom. The summed E-state index contributed by atoms with van der Waals surface area (Å²) >= 11 is 1.54. The van der Waals surface area contributed by atoms with Crippen LogP contribution in [0.1, 0.15) is 35.3 Å². The number of benzene rings is 1. The molecule has 0 spiro atoms. The first kappa shape index (κ1) is 12.8. The number of carbonyl (C=O) groups excluding carboxylic acids is 1. The molecule has 0 fully saturated rings. The molecule has 0 aliphatic carbocycles. The molecular weight excluding hydrogens is 242 g/mol. The smallest absolute Gasteiger partial charge is 0.256 e. The van der Waals surface area contributed by atoms with Crippen molar-refractivity contribution in [3.63, 3.8) is 0 Å². The van der Waals surface area contributed by atoms with E-state index in [4.69, 9.17) is 0 Å². The molecule has 0 saturated heterocycles. The average molecular weight is 259 g/mol. The lowest BCUT2D eigenvalue weighted by atomic mass is 10.0. The van der Waals surface area contributed by atoms with Crippen molar-refractivity contribution in [1.29, 1.82) is 0 Å². The fourth-order valence-electron chi connectivity index (χ4n) is 1.98. The van der Waals surface area contributed by atoms with Gasteiger partial charge in [0.15, 0.2) is 0 Å². The molecule has 0 aliphatic rings. The number of aryl methyl sites for hydroxylation is 2. The number of carbonyl (C=O) groups is 1. The molecule has 0 atom stereocenters. The molecule has 0 radical (unpaired) electrons. The summed E-state index contributed by atoms with van der Waals surface area (Å²) in [6.07, 6.45) is 1.85. The van der Waals surface area contributed by atoms with E-state index in [-0.39, 0.29) is 5.91 Å². The normalized spacial score (nSPS) is 10.3. The van der Waals surface area contributed by atoms with Crippen molar-refractivity contribution in [2.24, 2.45) is 0 Å². The van der Waals surface area contributed by atoms with Gasteiger partial charge in [-0.25, -0.2) is 0 Å². The van der Waals surface area contributed by atoms with E-state index in [1.165, 1.54) is 22.5 Å². The monoisotopic (exact) mass is 259 g/mol. The van der Waals surface area contributed by atoms with E-state index < -0.39 is 0 Å². The number of anilines is 1. The van der Waals surface area contributed by atoms with E-state index in [1.807, 2.05) is 16.8 Å². The maximum absolute atomic E-state index is 12.1. The second kappa shape index (κ2) is 5.83. The molecule has 0 unspecified atom stereocenters. The van der Waals surface area contributed by atoms with Gasteiger partial charge in [0.2, 0.25) is 0 Å². The largest absolute Gasteiger partial charge is 0.321 e. The first-order chi connectivity index (χ1) is 8.76. The molecule has 2 aromatic rings. The van der Waals surface area contributed by atoms with Crippen molar-refractivity contribution in [1.82, 2.24) is 0 Å². The maximum atomic E-state index is 12.1. The van der Waals surface area contributed by atoms with Crippen molar-refractivity contribution in [2.75, 3.05) is 5.32 Å². The van der Waals surface area contributed by atoms with Crippen LogP contribution >= 0.6 is 11.3 Å². The lowest BCUT2D eigenvalue weighted by Crippen LogP contribution is -2.14. The van der Waals surface area contributed by atoms with Crippen LogP contribution in [-0.4, -0.2) is 5.91 Å². The molecule has 1 heterocycles. The molecule has 1 amide bonds. The third-order valence-electron chi connectivity index (χ3n) is 3.02. The Morgan fingerprint density at radius 1 is 1.17 bits per heavy atom. The summed E-state index contributed by atoms with van der Waals surface area (Å²) in [6, 6.07) is 8.04. The molecule has 2 rings (SSSR count). The van der Waals surface area contributed by atoms with E-state index in [2.05, 4.69) is 37.4 Å². The van der Waals surface area contributed by atoms with Crippen molar-refractivity contribution < 1.29 is 4.79 Å². The first-order valence-corrected chi connectivity index (χ1v) is 7.14. The summed E-state index contributed by atoms with van der Waals surface area (Å²) in [6.45, 7) is 4.21. The Hall–Kier alpha value is -1.61. The van der Waals surface area contributed by atoms with Crippen LogP contribution in [0.4, 0.5) is 5.69 Å². The molecule has 1 N–H and O–H groups in total. The van der Waals surface area contributed by atoms with Crippen LogP contribution in [0.3, 0.4) is 0 Å². The van der Waals surface area contributed by atoms with Crippen LogP contribution in [0.25, 0.3) is 0 Å². The number of amides is 1. The standard InChI is InChI=1S/C15H17NOS/c1-3-11-6-5-7-12(4-2)14(11)16-15(17)13-8-9-18-10-13/h5-10H,3-4H2,1-2H3,(H,16,17). The van der Waals surface area contributed by atoms with Crippen molar-refractivity contribution in [3.8, 4) is 0 Å². The minimum absolute atomic E-state index is 0.0214. The zero-order chi connectivity index (χ0) is 13.0. The molecule has 3 heteroatoms. The third-order valence-corrected chi connectivity index (χ3v) is 3.70. The number of rotatable bonds is 4. The first-order valence-electron chi connectivity index (χ1n) is 6.20. The van der Waals surface area contributed by atoms with Gasteiger partial charge < -0.3 is 5.32 Å². The van der Waals surface area contributed by atoms with E-state index >= 15 is 0 Å². The number of thiophene rings is 1. The highest BCUT2D eigenvalue weighted by Crippen LogP contribution is 2.23. The van der Waals surface area contributed by atoms with Crippen LogP contribution in [-0.2, 0) is 12.8 Å². The van der Waals surface area contributed by atoms with Crippen LogP contribution in [0.15, 0.2) is 35.0 Å². The summed E-state index contributed by atoms with van der Waals surface area (Å²) in [5.74, 6) is -0.0214. The zero-order valence-corrected chi connectivity index (χ0v) is 11.5. The van der Waals surface area contributed by atoms with Gasteiger partial charge in [-0.05, 0) is 35.4 Å². The van der Waals surface area contributed by atoms with Gasteiger partial charge in [-0.3, -0.25) is 4.79 Å². The Labute approximate surface area is 112 Å². The highest BCUT2D eigenvalue weighted by molar-refractivity contribution is 7.08. The lowest BCUT2D eigenvalue weighted by Gasteiger charge is -2.13. The number of nitrogens with one attached hydrogen (secondary N) is 1. The summed E-state index contributed by atoms with van der Waals surface area (Å²) in [4.78, 5) is 12.1. The zero-order valence-electron chi connectivity index (χ0n) is 10.7. The van der Waals surface area contributed by atoms with E-state index in [9.17, 15) is 4.79 Å². The highest BCUT2D eigenvalue weighted by Gasteiger charge is 2.11. The van der Waals surface area contributed by atoms with Gasteiger partial charge in [0.05, 0.1) is 5.56 Å². The SMILES string of the molecule is CCc1cccc(CC)c1NC(=O)c1ccsc1. The minimum Gasteiger partial charge on any atom is -0.321 e. The predicted octanol–water partition coefficient (Wildman–Crippen LogP) is 4.13. The van der Waals surface area contributed by atoms with Crippen LogP contribution in [0.2, 0.25) is 0 Å². The lowest BCUT2D eigenvalue weighted by molar-refractivity contribution is 0.102. The highest BCUT2D eigenvalue weighted by atomic mass is 32.1. The molecule has 94 valence electrons. The summed E-state index contributed by atoms with van der Waals surface area (Å²) in [5, 5.41) is 6.84. The van der Waals surface area contributed by atoms with E-state index in [0.717, 1.165) is 24.1 Å². The molecule has 0 aliphatic heterocycles. The third kappa shape index (κ3) is 2.62. The second-order valence-corrected chi connectivity index (χ2v) is 4.90. The molecule has 1 aromatic carbocycles.